The first-order valence-corrected chi connectivity index (χ1v) is 2.18. The van der Waals surface area contributed by atoms with Crippen LogP contribution in [0.25, 0.3) is 0 Å². The van der Waals surface area contributed by atoms with Crippen molar-refractivity contribution in [2.45, 2.75) is 19.3 Å². The molecular formula is C5H7F3. The zero-order valence-corrected chi connectivity index (χ0v) is 4.50. The van der Waals surface area contributed by atoms with Gasteiger partial charge in [-0.25, -0.2) is 13.2 Å². The molecule has 0 aliphatic heterocycles. The maximum Gasteiger partial charge on any atom is 0.181 e. The van der Waals surface area contributed by atoms with Crippen molar-refractivity contribution in [3.8, 4) is 0 Å². The number of alkyl halides is 2. The maximum atomic E-state index is 11.8. The smallest absolute Gasteiger partial charge is 0.181 e. The molecule has 0 nitrogen and oxygen atoms in total. The Morgan fingerprint density at radius 2 is 1.88 bits per heavy atom. The van der Waals surface area contributed by atoms with Crippen LogP contribution in [0, 0.1) is 0 Å². The third kappa shape index (κ3) is 2.00. The zero-order chi connectivity index (χ0) is 6.73. The van der Waals surface area contributed by atoms with Crippen molar-refractivity contribution in [3.05, 3.63) is 12.4 Å². The molecule has 0 saturated heterocycles. The van der Waals surface area contributed by atoms with Gasteiger partial charge in [-0.2, -0.15) is 0 Å². The molecule has 0 radical (unpaired) electrons. The van der Waals surface area contributed by atoms with Gasteiger partial charge < -0.3 is 0 Å². The minimum absolute atomic E-state index is 0.940. The van der Waals surface area contributed by atoms with Crippen molar-refractivity contribution in [3.63, 3.8) is 0 Å². The Labute approximate surface area is 46.0 Å². The fraction of sp³-hybridized carbons (Fsp3) is 0.600. The van der Waals surface area contributed by atoms with Gasteiger partial charge in [0.1, 0.15) is 12.0 Å². The summed E-state index contributed by atoms with van der Waals surface area (Å²) in [6.45, 7) is 3.53. The van der Waals surface area contributed by atoms with Gasteiger partial charge in [-0.05, 0) is 6.92 Å². The number of hydrogen-bond donors (Lipinski definition) is 0. The summed E-state index contributed by atoms with van der Waals surface area (Å²) in [5.41, 5.74) is 0. The van der Waals surface area contributed by atoms with Crippen LogP contribution < -0.4 is 0 Å². The molecule has 3 heteroatoms. The van der Waals surface area contributed by atoms with Crippen LogP contribution >= 0.6 is 0 Å². The highest BCUT2D eigenvalue weighted by Gasteiger charge is 2.17. The van der Waals surface area contributed by atoms with E-state index in [9.17, 15) is 13.2 Å². The minimum Gasteiger partial charge on any atom is -0.244 e. The van der Waals surface area contributed by atoms with Crippen molar-refractivity contribution >= 4 is 0 Å². The van der Waals surface area contributed by atoms with Gasteiger partial charge in [-0.1, -0.05) is 6.58 Å². The van der Waals surface area contributed by atoms with E-state index in [1.165, 1.54) is 0 Å². The summed E-state index contributed by atoms with van der Waals surface area (Å²) in [4.78, 5) is 0. The molecule has 0 spiro atoms. The van der Waals surface area contributed by atoms with Crippen molar-refractivity contribution in [2.24, 2.45) is 0 Å². The van der Waals surface area contributed by atoms with E-state index >= 15 is 0 Å². The first kappa shape index (κ1) is 7.53. The molecule has 0 aromatic heterocycles. The molecule has 0 fully saturated rings. The van der Waals surface area contributed by atoms with Crippen molar-refractivity contribution in [2.75, 3.05) is 0 Å². The minimum atomic E-state index is -2.16. The lowest BCUT2D eigenvalue weighted by atomic mass is 10.2. The number of halogens is 3. The highest BCUT2D eigenvalue weighted by atomic mass is 19.2. The average molecular weight is 124 g/mol. The Morgan fingerprint density at radius 3 is 1.88 bits per heavy atom. The van der Waals surface area contributed by atoms with E-state index in [1.54, 1.807) is 0 Å². The van der Waals surface area contributed by atoms with Crippen LogP contribution in [0.5, 0.6) is 0 Å². The average Bonchev–Trinajstić information content (AvgIpc) is 1.64. The summed E-state index contributed by atoms with van der Waals surface area (Å²) in [7, 11) is 0. The van der Waals surface area contributed by atoms with Crippen LogP contribution in [0.3, 0.4) is 0 Å². The van der Waals surface area contributed by atoms with E-state index in [0.29, 0.717) is 0 Å². The quantitative estimate of drug-likeness (QED) is 0.529. The Hall–Kier alpha value is -0.470. The largest absolute Gasteiger partial charge is 0.244 e. The Balaban J connectivity index is 3.64. The van der Waals surface area contributed by atoms with Crippen LogP contribution in [-0.2, 0) is 0 Å². The molecule has 0 amide bonds. The molecule has 0 bridgehead atoms. The van der Waals surface area contributed by atoms with Gasteiger partial charge in [-0.3, -0.25) is 0 Å². The Bertz CT molecular complexity index is 87.7. The van der Waals surface area contributed by atoms with Gasteiger partial charge in [0.05, 0.1) is 0 Å². The lowest BCUT2D eigenvalue weighted by Crippen LogP contribution is -2.12. The van der Waals surface area contributed by atoms with Crippen LogP contribution in [0.1, 0.15) is 6.92 Å². The van der Waals surface area contributed by atoms with E-state index in [0.717, 1.165) is 6.92 Å². The van der Waals surface area contributed by atoms with Crippen LogP contribution in [-0.4, -0.2) is 12.3 Å². The predicted molar refractivity (Wildman–Crippen MR) is 25.7 cm³/mol. The third-order valence-electron chi connectivity index (χ3n) is 0.703. The molecule has 0 aliphatic carbocycles. The lowest BCUT2D eigenvalue weighted by molar-refractivity contribution is 0.189. The highest BCUT2D eigenvalue weighted by molar-refractivity contribution is 4.92. The fourth-order valence-corrected chi connectivity index (χ4v) is 0.249. The molecule has 0 heterocycles. The van der Waals surface area contributed by atoms with Crippen LogP contribution in [0.4, 0.5) is 13.2 Å². The molecule has 2 unspecified atom stereocenters. The van der Waals surface area contributed by atoms with Crippen molar-refractivity contribution in [1.29, 1.82) is 0 Å². The molecule has 0 saturated carbocycles. The van der Waals surface area contributed by atoms with Crippen LogP contribution in [0.2, 0.25) is 0 Å². The summed E-state index contributed by atoms with van der Waals surface area (Å²) in [5.74, 6) is -1.25. The zero-order valence-electron chi connectivity index (χ0n) is 4.50. The first-order valence-electron chi connectivity index (χ1n) is 2.18. The van der Waals surface area contributed by atoms with E-state index in [4.69, 9.17) is 0 Å². The molecule has 0 N–H and O–H groups in total. The normalized spacial score (nSPS) is 17.5. The molecule has 0 aromatic rings. The monoisotopic (exact) mass is 124 g/mol. The summed E-state index contributed by atoms with van der Waals surface area (Å²) in [5, 5.41) is 0. The molecule has 0 aliphatic rings. The molecule has 8 heavy (non-hydrogen) atoms. The Kier molecular flexibility index (Phi) is 2.58. The van der Waals surface area contributed by atoms with E-state index in [2.05, 4.69) is 6.58 Å². The number of rotatable bonds is 2. The second-order valence-corrected chi connectivity index (χ2v) is 1.53. The number of hydrogen-bond acceptors (Lipinski definition) is 0. The van der Waals surface area contributed by atoms with Crippen molar-refractivity contribution in [1.82, 2.24) is 0 Å². The van der Waals surface area contributed by atoms with E-state index in [1.807, 2.05) is 0 Å². The highest BCUT2D eigenvalue weighted by Crippen LogP contribution is 2.11. The summed E-state index contributed by atoms with van der Waals surface area (Å²) in [6.07, 6.45) is -3.96. The first-order chi connectivity index (χ1) is 3.55. The second-order valence-electron chi connectivity index (χ2n) is 1.53. The molecular weight excluding hydrogens is 117 g/mol. The van der Waals surface area contributed by atoms with Gasteiger partial charge in [-0.15, -0.1) is 0 Å². The van der Waals surface area contributed by atoms with Crippen molar-refractivity contribution < 1.29 is 13.2 Å². The standard InChI is InChI=1S/C5H7F3/c1-3(6)5(8)4(2)7/h4-5H,1H2,2H3. The third-order valence-corrected chi connectivity index (χ3v) is 0.703. The molecule has 0 aromatic carbocycles. The van der Waals surface area contributed by atoms with Gasteiger partial charge in [0.15, 0.2) is 6.17 Å². The lowest BCUT2D eigenvalue weighted by Gasteiger charge is -2.03. The fourth-order valence-electron chi connectivity index (χ4n) is 0.249. The molecule has 48 valence electrons. The van der Waals surface area contributed by atoms with Crippen LogP contribution in [0.15, 0.2) is 12.4 Å². The SMILES string of the molecule is C=C(F)C(F)C(C)F. The van der Waals surface area contributed by atoms with Gasteiger partial charge in [0.25, 0.3) is 0 Å². The second kappa shape index (κ2) is 2.74. The van der Waals surface area contributed by atoms with Gasteiger partial charge in [0.2, 0.25) is 0 Å². The summed E-state index contributed by atoms with van der Waals surface area (Å²) >= 11 is 0. The Morgan fingerprint density at radius 1 is 1.50 bits per heavy atom. The summed E-state index contributed by atoms with van der Waals surface area (Å²) < 4.78 is 35.0. The molecule has 0 rings (SSSR count). The number of allylic oxidation sites excluding steroid dienone is 1. The van der Waals surface area contributed by atoms with Gasteiger partial charge >= 0.3 is 0 Å². The molecule has 2 atom stereocenters. The summed E-state index contributed by atoms with van der Waals surface area (Å²) in [6, 6.07) is 0. The van der Waals surface area contributed by atoms with E-state index in [-0.39, 0.29) is 0 Å². The predicted octanol–water partition coefficient (Wildman–Crippen LogP) is 2.17. The topological polar surface area (TPSA) is 0 Å². The maximum absolute atomic E-state index is 11.8. The van der Waals surface area contributed by atoms with Gasteiger partial charge in [0, 0.05) is 0 Å². The van der Waals surface area contributed by atoms with E-state index < -0.39 is 18.2 Å².